The summed E-state index contributed by atoms with van der Waals surface area (Å²) in [6, 6.07) is 7.23. The average molecular weight is 197 g/mol. The van der Waals surface area contributed by atoms with Crippen molar-refractivity contribution in [2.24, 2.45) is 0 Å². The monoisotopic (exact) mass is 196 g/mol. The van der Waals surface area contributed by atoms with Crippen molar-refractivity contribution in [1.29, 1.82) is 0 Å². The minimum Gasteiger partial charge on any atom is -0.336 e. The Balaban J connectivity index is 2.29. The van der Waals surface area contributed by atoms with Gasteiger partial charge in [-0.15, -0.1) is 0 Å². The summed E-state index contributed by atoms with van der Waals surface area (Å²) in [6.07, 6.45) is 0. The summed E-state index contributed by atoms with van der Waals surface area (Å²) in [4.78, 5) is 12.9. The Morgan fingerprint density at radius 2 is 2.31 bits per heavy atom. The summed E-state index contributed by atoms with van der Waals surface area (Å²) in [5.74, 6) is 0. The van der Waals surface area contributed by atoms with E-state index in [1.165, 1.54) is 0 Å². The molecule has 1 aromatic rings. The molecular formula is C9H9ClN2O. The van der Waals surface area contributed by atoms with Gasteiger partial charge in [0, 0.05) is 23.8 Å². The summed E-state index contributed by atoms with van der Waals surface area (Å²) in [7, 11) is 0. The standard InChI is InChI=1S/C9H9ClN2O/c10-7-2-1-3-8(6-7)12-5-4-11-9(12)13/h1-3,6H,4-5H2,(H,11,13). The molecule has 1 aliphatic rings. The number of anilines is 1. The first-order valence-electron chi connectivity index (χ1n) is 4.08. The predicted octanol–water partition coefficient (Wildman–Crippen LogP) is 1.87. The Kier molecular flexibility index (Phi) is 2.10. The van der Waals surface area contributed by atoms with Gasteiger partial charge in [0.1, 0.15) is 0 Å². The summed E-state index contributed by atoms with van der Waals surface area (Å²) in [6.45, 7) is 1.41. The first-order valence-corrected chi connectivity index (χ1v) is 4.46. The molecule has 0 spiro atoms. The van der Waals surface area contributed by atoms with Gasteiger partial charge in [0.05, 0.1) is 0 Å². The van der Waals surface area contributed by atoms with Crippen molar-refractivity contribution in [1.82, 2.24) is 5.32 Å². The molecule has 1 N–H and O–H groups in total. The highest BCUT2D eigenvalue weighted by molar-refractivity contribution is 6.30. The number of nitrogens with zero attached hydrogens (tertiary/aromatic N) is 1. The number of rotatable bonds is 1. The topological polar surface area (TPSA) is 32.3 Å². The molecule has 0 aliphatic carbocycles. The van der Waals surface area contributed by atoms with E-state index in [0.29, 0.717) is 18.1 Å². The molecule has 2 rings (SSSR count). The predicted molar refractivity (Wildman–Crippen MR) is 52.2 cm³/mol. The zero-order valence-electron chi connectivity index (χ0n) is 6.96. The zero-order chi connectivity index (χ0) is 9.26. The molecule has 0 radical (unpaired) electrons. The van der Waals surface area contributed by atoms with Gasteiger partial charge in [-0.05, 0) is 18.2 Å². The Morgan fingerprint density at radius 3 is 2.92 bits per heavy atom. The highest BCUT2D eigenvalue weighted by Gasteiger charge is 2.20. The normalized spacial score (nSPS) is 16.1. The van der Waals surface area contributed by atoms with Crippen molar-refractivity contribution in [2.45, 2.75) is 0 Å². The van der Waals surface area contributed by atoms with E-state index in [1.54, 1.807) is 17.0 Å². The third kappa shape index (κ3) is 1.60. The van der Waals surface area contributed by atoms with Crippen LogP contribution in [0.5, 0.6) is 0 Å². The molecule has 4 heteroatoms. The van der Waals surface area contributed by atoms with Crippen molar-refractivity contribution in [3.63, 3.8) is 0 Å². The summed E-state index contributed by atoms with van der Waals surface area (Å²) in [5.41, 5.74) is 0.850. The molecule has 1 aromatic carbocycles. The molecule has 1 saturated heterocycles. The van der Waals surface area contributed by atoms with Crippen LogP contribution >= 0.6 is 11.6 Å². The van der Waals surface area contributed by atoms with Crippen LogP contribution in [0.3, 0.4) is 0 Å². The maximum atomic E-state index is 11.3. The number of halogens is 1. The summed E-state index contributed by atoms with van der Waals surface area (Å²) < 4.78 is 0. The van der Waals surface area contributed by atoms with E-state index in [4.69, 9.17) is 11.6 Å². The minimum absolute atomic E-state index is 0.0535. The van der Waals surface area contributed by atoms with E-state index in [9.17, 15) is 4.79 Å². The number of carbonyl (C=O) groups excluding carboxylic acids is 1. The third-order valence-corrected chi connectivity index (χ3v) is 2.21. The minimum atomic E-state index is -0.0535. The quantitative estimate of drug-likeness (QED) is 0.731. The average Bonchev–Trinajstić information content (AvgIpc) is 2.51. The van der Waals surface area contributed by atoms with Crippen molar-refractivity contribution in [3.8, 4) is 0 Å². The molecule has 0 unspecified atom stereocenters. The maximum absolute atomic E-state index is 11.3. The summed E-state index contributed by atoms with van der Waals surface area (Å²) >= 11 is 5.81. The molecule has 2 amide bonds. The van der Waals surface area contributed by atoms with Crippen molar-refractivity contribution < 1.29 is 4.79 Å². The van der Waals surface area contributed by atoms with Gasteiger partial charge in [-0.1, -0.05) is 17.7 Å². The lowest BCUT2D eigenvalue weighted by atomic mass is 10.3. The van der Waals surface area contributed by atoms with Gasteiger partial charge in [-0.2, -0.15) is 0 Å². The second kappa shape index (κ2) is 3.26. The van der Waals surface area contributed by atoms with E-state index in [1.807, 2.05) is 12.1 Å². The maximum Gasteiger partial charge on any atom is 0.321 e. The Hall–Kier alpha value is -1.22. The zero-order valence-corrected chi connectivity index (χ0v) is 7.71. The second-order valence-electron chi connectivity index (χ2n) is 2.86. The molecule has 0 bridgehead atoms. The van der Waals surface area contributed by atoms with Crippen molar-refractivity contribution >= 4 is 23.3 Å². The SMILES string of the molecule is O=C1NCCN1c1cccc(Cl)c1. The number of hydrogen-bond donors (Lipinski definition) is 1. The van der Waals surface area contributed by atoms with Crippen LogP contribution in [-0.2, 0) is 0 Å². The Bertz CT molecular complexity index is 340. The highest BCUT2D eigenvalue weighted by atomic mass is 35.5. The number of amides is 2. The van der Waals surface area contributed by atoms with Crippen LogP contribution in [-0.4, -0.2) is 19.1 Å². The van der Waals surface area contributed by atoms with Crippen LogP contribution in [0.1, 0.15) is 0 Å². The first-order chi connectivity index (χ1) is 6.27. The number of nitrogens with one attached hydrogen (secondary N) is 1. The van der Waals surface area contributed by atoms with Crippen LogP contribution in [0.4, 0.5) is 10.5 Å². The van der Waals surface area contributed by atoms with Crippen molar-refractivity contribution in [3.05, 3.63) is 29.3 Å². The molecule has 68 valence electrons. The lowest BCUT2D eigenvalue weighted by molar-refractivity contribution is 0.252. The number of carbonyl (C=O) groups is 1. The second-order valence-corrected chi connectivity index (χ2v) is 3.30. The number of hydrogen-bond acceptors (Lipinski definition) is 1. The van der Waals surface area contributed by atoms with Crippen LogP contribution in [0.2, 0.25) is 5.02 Å². The van der Waals surface area contributed by atoms with Gasteiger partial charge in [0.15, 0.2) is 0 Å². The first kappa shape index (κ1) is 8.38. The van der Waals surface area contributed by atoms with E-state index in [2.05, 4.69) is 5.32 Å². The molecule has 3 nitrogen and oxygen atoms in total. The van der Waals surface area contributed by atoms with Gasteiger partial charge in [-0.3, -0.25) is 4.90 Å². The largest absolute Gasteiger partial charge is 0.336 e. The molecule has 1 heterocycles. The van der Waals surface area contributed by atoms with Gasteiger partial charge in [-0.25, -0.2) is 4.79 Å². The van der Waals surface area contributed by atoms with Gasteiger partial charge >= 0.3 is 6.03 Å². The molecular weight excluding hydrogens is 188 g/mol. The smallest absolute Gasteiger partial charge is 0.321 e. The Morgan fingerprint density at radius 1 is 1.46 bits per heavy atom. The van der Waals surface area contributed by atoms with Crippen LogP contribution in [0.15, 0.2) is 24.3 Å². The Labute approximate surface area is 81.3 Å². The van der Waals surface area contributed by atoms with Crippen LogP contribution in [0, 0.1) is 0 Å². The molecule has 0 aromatic heterocycles. The van der Waals surface area contributed by atoms with Gasteiger partial charge in [0.2, 0.25) is 0 Å². The lowest BCUT2D eigenvalue weighted by Gasteiger charge is -2.13. The fourth-order valence-corrected chi connectivity index (χ4v) is 1.55. The molecule has 1 aliphatic heterocycles. The molecule has 0 atom stereocenters. The molecule has 13 heavy (non-hydrogen) atoms. The molecule has 0 saturated carbocycles. The van der Waals surface area contributed by atoms with E-state index >= 15 is 0 Å². The fourth-order valence-electron chi connectivity index (χ4n) is 1.36. The van der Waals surface area contributed by atoms with E-state index < -0.39 is 0 Å². The lowest BCUT2D eigenvalue weighted by Crippen LogP contribution is -2.27. The molecule has 1 fully saturated rings. The van der Waals surface area contributed by atoms with Crippen molar-refractivity contribution in [2.75, 3.05) is 18.0 Å². The van der Waals surface area contributed by atoms with Gasteiger partial charge in [0.25, 0.3) is 0 Å². The van der Waals surface area contributed by atoms with E-state index in [-0.39, 0.29) is 6.03 Å². The summed E-state index contributed by atoms with van der Waals surface area (Å²) in [5, 5.41) is 3.38. The third-order valence-electron chi connectivity index (χ3n) is 1.98. The number of benzene rings is 1. The van der Waals surface area contributed by atoms with Gasteiger partial charge < -0.3 is 5.32 Å². The fraction of sp³-hybridized carbons (Fsp3) is 0.222. The van der Waals surface area contributed by atoms with Crippen LogP contribution < -0.4 is 10.2 Å². The highest BCUT2D eigenvalue weighted by Crippen LogP contribution is 2.20. The van der Waals surface area contributed by atoms with E-state index in [0.717, 1.165) is 5.69 Å². The van der Waals surface area contributed by atoms with Crippen LogP contribution in [0.25, 0.3) is 0 Å². The number of urea groups is 1.